The standard InChI is InChI=1S/C34H35ClN10O6/c1-36-27(47)17-50-25-14-18-13-19(15-37-31(18)43(2)33(25)49)39-30-23(35)16-38-34(41-30)45-11-9-20(10-12-45)51-24-6-4-5-21-28(42-44(3)29(21)24)22-7-8-26(46)40-32(22)48/h4-6,13-16,20,22H,7-12,17H2,1-3H3,(H,36,47)(H,38,39,41)(H,40,46,48). The van der Waals surface area contributed by atoms with Crippen LogP contribution in [0.4, 0.5) is 17.5 Å². The summed E-state index contributed by atoms with van der Waals surface area (Å²) < 4.78 is 15.1. The first kappa shape index (κ1) is 33.7. The molecule has 1 atom stereocenters. The highest BCUT2D eigenvalue weighted by Crippen LogP contribution is 2.35. The highest BCUT2D eigenvalue weighted by atomic mass is 35.5. The molecule has 17 heteroatoms. The Morgan fingerprint density at radius 2 is 1.86 bits per heavy atom. The molecule has 0 bridgehead atoms. The van der Waals surface area contributed by atoms with Crippen LogP contribution in [0.2, 0.25) is 5.02 Å². The zero-order chi connectivity index (χ0) is 35.8. The number of aromatic nitrogens is 6. The van der Waals surface area contributed by atoms with Gasteiger partial charge in [0.15, 0.2) is 18.2 Å². The number of halogens is 1. The fourth-order valence-corrected chi connectivity index (χ4v) is 6.57. The summed E-state index contributed by atoms with van der Waals surface area (Å²) in [5.41, 5.74) is 2.04. The minimum absolute atomic E-state index is 0.0243. The van der Waals surface area contributed by atoms with Crippen molar-refractivity contribution < 1.29 is 23.9 Å². The van der Waals surface area contributed by atoms with Crippen molar-refractivity contribution in [2.45, 2.75) is 37.7 Å². The number of rotatable bonds is 9. The number of piperidine rings is 2. The smallest absolute Gasteiger partial charge is 0.294 e. The Morgan fingerprint density at radius 1 is 1.06 bits per heavy atom. The number of amides is 3. The summed E-state index contributed by atoms with van der Waals surface area (Å²) >= 11 is 6.50. The van der Waals surface area contributed by atoms with E-state index in [4.69, 9.17) is 26.1 Å². The molecule has 5 aromatic rings. The number of para-hydroxylation sites is 1. The van der Waals surface area contributed by atoms with Gasteiger partial charge in [0.25, 0.3) is 11.5 Å². The molecule has 0 spiro atoms. The summed E-state index contributed by atoms with van der Waals surface area (Å²) in [6.07, 6.45) is 5.16. The normalized spacial score (nSPS) is 16.7. The largest absolute Gasteiger partial charge is 0.488 e. The predicted molar refractivity (Wildman–Crippen MR) is 189 cm³/mol. The van der Waals surface area contributed by atoms with E-state index in [1.807, 2.05) is 25.2 Å². The summed E-state index contributed by atoms with van der Waals surface area (Å²) in [7, 11) is 4.90. The molecule has 6 heterocycles. The van der Waals surface area contributed by atoms with Crippen LogP contribution in [0.25, 0.3) is 21.9 Å². The van der Waals surface area contributed by atoms with Gasteiger partial charge in [-0.05, 0) is 24.6 Å². The van der Waals surface area contributed by atoms with Crippen molar-refractivity contribution >= 4 is 68.7 Å². The van der Waals surface area contributed by atoms with E-state index in [-0.39, 0.29) is 42.6 Å². The number of nitrogens with zero attached hydrogens (tertiary/aromatic N) is 7. The second-order valence-corrected chi connectivity index (χ2v) is 12.8. The number of hydrogen-bond donors (Lipinski definition) is 3. The maximum Gasteiger partial charge on any atom is 0.294 e. The van der Waals surface area contributed by atoms with E-state index in [1.165, 1.54) is 11.6 Å². The third-order valence-corrected chi connectivity index (χ3v) is 9.37. The van der Waals surface area contributed by atoms with Gasteiger partial charge in [-0.1, -0.05) is 23.7 Å². The van der Waals surface area contributed by atoms with Gasteiger partial charge in [-0.2, -0.15) is 10.1 Å². The molecule has 3 N–H and O–H groups in total. The van der Waals surface area contributed by atoms with E-state index in [2.05, 4.69) is 35.9 Å². The molecule has 16 nitrogen and oxygen atoms in total. The number of imide groups is 1. The van der Waals surface area contributed by atoms with Crippen LogP contribution >= 0.6 is 11.6 Å². The third kappa shape index (κ3) is 6.73. The summed E-state index contributed by atoms with van der Waals surface area (Å²) in [6, 6.07) is 9.06. The Kier molecular flexibility index (Phi) is 9.16. The van der Waals surface area contributed by atoms with Gasteiger partial charge in [0.2, 0.25) is 17.8 Å². The van der Waals surface area contributed by atoms with Gasteiger partial charge < -0.3 is 25.0 Å². The molecular formula is C34H35ClN10O6. The van der Waals surface area contributed by atoms with Gasteiger partial charge in [-0.25, -0.2) is 9.97 Å². The summed E-state index contributed by atoms with van der Waals surface area (Å²) in [4.78, 5) is 64.4. The molecular weight excluding hydrogens is 680 g/mol. The van der Waals surface area contributed by atoms with Crippen LogP contribution < -0.4 is 35.9 Å². The van der Waals surface area contributed by atoms with Crippen LogP contribution in [0.3, 0.4) is 0 Å². The number of nitrogens with one attached hydrogen (secondary N) is 3. The lowest BCUT2D eigenvalue weighted by Gasteiger charge is -2.32. The molecule has 0 saturated carbocycles. The molecule has 7 rings (SSSR count). The molecule has 2 saturated heterocycles. The lowest BCUT2D eigenvalue weighted by Crippen LogP contribution is -2.39. The van der Waals surface area contributed by atoms with Crippen LogP contribution in [0.15, 0.2) is 47.5 Å². The lowest BCUT2D eigenvalue weighted by atomic mass is 9.93. The van der Waals surface area contributed by atoms with Crippen LogP contribution in [-0.4, -0.2) is 79.9 Å². The molecule has 0 aliphatic carbocycles. The van der Waals surface area contributed by atoms with Gasteiger partial charge >= 0.3 is 0 Å². The van der Waals surface area contributed by atoms with Crippen molar-refractivity contribution in [3.05, 3.63) is 63.8 Å². The Hall–Kier alpha value is -5.77. The molecule has 264 valence electrons. The topological polar surface area (TPSA) is 187 Å². The summed E-state index contributed by atoms with van der Waals surface area (Å²) in [5.74, 6) is 0.156. The van der Waals surface area contributed by atoms with Crippen LogP contribution in [0, 0.1) is 0 Å². The average molecular weight is 715 g/mol. The Bertz CT molecular complexity index is 2250. The molecule has 1 aromatic carbocycles. The number of benzene rings is 1. The van der Waals surface area contributed by atoms with Crippen molar-refractivity contribution in [3.63, 3.8) is 0 Å². The number of carbonyl (C=O) groups is 3. The first-order valence-electron chi connectivity index (χ1n) is 16.4. The fraction of sp³-hybridized carbons (Fsp3) is 0.353. The van der Waals surface area contributed by atoms with Crippen molar-refractivity contribution in [1.29, 1.82) is 0 Å². The molecule has 3 amide bonds. The molecule has 51 heavy (non-hydrogen) atoms. The maximum atomic E-state index is 12.7. The minimum atomic E-state index is -0.495. The van der Waals surface area contributed by atoms with Crippen molar-refractivity contribution in [2.24, 2.45) is 14.1 Å². The molecule has 2 aliphatic heterocycles. The molecule has 0 radical (unpaired) electrons. The molecule has 1 unspecified atom stereocenters. The molecule has 2 fully saturated rings. The van der Waals surface area contributed by atoms with Crippen LogP contribution in [0.1, 0.15) is 37.3 Å². The monoisotopic (exact) mass is 714 g/mol. The highest BCUT2D eigenvalue weighted by Gasteiger charge is 2.32. The SMILES string of the molecule is CNC(=O)COc1cc2cc(Nc3nc(N4CCC(Oc5cccc6c(C7CCC(=O)NC7=O)nn(C)c56)CC4)ncc3Cl)cnc2n(C)c1=O. The van der Waals surface area contributed by atoms with Crippen molar-refractivity contribution in [3.8, 4) is 11.5 Å². The zero-order valence-corrected chi connectivity index (χ0v) is 28.9. The van der Waals surface area contributed by atoms with Gasteiger partial charge in [0.1, 0.15) is 28.0 Å². The van der Waals surface area contributed by atoms with E-state index in [0.29, 0.717) is 77.3 Å². The number of aryl methyl sites for hydroxylation is 2. The van der Waals surface area contributed by atoms with E-state index in [9.17, 15) is 19.2 Å². The number of likely N-dealkylation sites (N-methyl/N-ethyl adjacent to an activating group) is 1. The second-order valence-electron chi connectivity index (χ2n) is 12.4. The highest BCUT2D eigenvalue weighted by molar-refractivity contribution is 6.32. The Labute approximate surface area is 296 Å². The molecule has 2 aliphatic rings. The lowest BCUT2D eigenvalue weighted by molar-refractivity contribution is -0.134. The number of carbonyl (C=O) groups excluding carboxylic acids is 3. The van der Waals surface area contributed by atoms with Gasteiger partial charge in [0.05, 0.1) is 29.7 Å². The van der Waals surface area contributed by atoms with Gasteiger partial charge in [0, 0.05) is 64.3 Å². The number of pyridine rings is 2. The quantitative estimate of drug-likeness (QED) is 0.190. The van der Waals surface area contributed by atoms with E-state index in [1.54, 1.807) is 36.3 Å². The predicted octanol–water partition coefficient (Wildman–Crippen LogP) is 2.70. The third-order valence-electron chi connectivity index (χ3n) is 9.09. The first-order valence-corrected chi connectivity index (χ1v) is 16.8. The first-order chi connectivity index (χ1) is 24.6. The van der Waals surface area contributed by atoms with Gasteiger partial charge in [-0.3, -0.25) is 33.7 Å². The van der Waals surface area contributed by atoms with E-state index in [0.717, 1.165) is 10.9 Å². The summed E-state index contributed by atoms with van der Waals surface area (Å²) in [5, 5.41) is 14.5. The molecule has 4 aromatic heterocycles. The Morgan fingerprint density at radius 3 is 2.63 bits per heavy atom. The van der Waals surface area contributed by atoms with Crippen LogP contribution in [0.5, 0.6) is 11.5 Å². The van der Waals surface area contributed by atoms with E-state index < -0.39 is 11.5 Å². The maximum absolute atomic E-state index is 12.7. The van der Waals surface area contributed by atoms with E-state index >= 15 is 0 Å². The Balaban J connectivity index is 1.03. The average Bonchev–Trinajstić information content (AvgIpc) is 3.46. The number of hydrogen-bond acceptors (Lipinski definition) is 12. The number of anilines is 3. The number of fused-ring (bicyclic) bond motifs is 2. The minimum Gasteiger partial charge on any atom is -0.488 e. The fourth-order valence-electron chi connectivity index (χ4n) is 6.44. The zero-order valence-electron chi connectivity index (χ0n) is 28.1. The second kappa shape index (κ2) is 13.9. The van der Waals surface area contributed by atoms with Crippen LogP contribution in [-0.2, 0) is 28.5 Å². The van der Waals surface area contributed by atoms with Gasteiger partial charge in [-0.15, -0.1) is 0 Å². The van der Waals surface area contributed by atoms with Crippen molar-refractivity contribution in [2.75, 3.05) is 37.0 Å². The summed E-state index contributed by atoms with van der Waals surface area (Å²) in [6.45, 7) is 0.983. The van der Waals surface area contributed by atoms with Crippen molar-refractivity contribution in [1.82, 2.24) is 39.9 Å². The number of ether oxygens (including phenoxy) is 2.